The molecule has 0 unspecified atom stereocenters. The van der Waals surface area contributed by atoms with Crippen LogP contribution in [0.3, 0.4) is 0 Å². The molecular formula is C27H27F3N4O4S. The van der Waals surface area contributed by atoms with Gasteiger partial charge in [0.25, 0.3) is 5.91 Å². The van der Waals surface area contributed by atoms with Gasteiger partial charge >= 0.3 is 6.18 Å². The molecule has 4 rings (SSSR count). The normalized spacial score (nSPS) is 11.6. The molecule has 4 aromatic rings. The van der Waals surface area contributed by atoms with Crippen LogP contribution in [0.5, 0.6) is 5.75 Å². The molecule has 0 saturated carbocycles. The molecule has 0 aliphatic carbocycles. The molecule has 12 heteroatoms. The highest BCUT2D eigenvalue weighted by Crippen LogP contribution is 2.34. The Bertz CT molecular complexity index is 1500. The molecule has 1 aromatic carbocycles. The molecule has 0 atom stereocenters. The van der Waals surface area contributed by atoms with Crippen LogP contribution in [0.4, 0.5) is 13.2 Å². The van der Waals surface area contributed by atoms with Gasteiger partial charge < -0.3 is 18.6 Å². The number of carbonyl (C=O) groups is 1. The minimum Gasteiger partial charge on any atom is -0.487 e. The number of imidazole rings is 1. The largest absolute Gasteiger partial charge is 0.487 e. The Kier molecular flexibility index (Phi) is 8.95. The van der Waals surface area contributed by atoms with Gasteiger partial charge in [0.05, 0.1) is 24.2 Å². The summed E-state index contributed by atoms with van der Waals surface area (Å²) in [4.78, 5) is 35.3. The van der Waals surface area contributed by atoms with E-state index in [1.807, 2.05) is 0 Å². The third kappa shape index (κ3) is 7.20. The lowest BCUT2D eigenvalue weighted by Gasteiger charge is -2.16. The minimum atomic E-state index is -4.40. The SMILES string of the molecule is CN(Cc1cc(=O)c(OCCCCCSc2ccnc3cc(C(F)(F)F)ccc23)co1)C(=O)c1nccn1C. The van der Waals surface area contributed by atoms with E-state index >= 15 is 0 Å². The van der Waals surface area contributed by atoms with Gasteiger partial charge in [-0.05, 0) is 43.2 Å². The first kappa shape index (κ1) is 28.2. The van der Waals surface area contributed by atoms with Gasteiger partial charge in [-0.1, -0.05) is 6.07 Å². The molecule has 39 heavy (non-hydrogen) atoms. The first-order chi connectivity index (χ1) is 18.6. The highest BCUT2D eigenvalue weighted by molar-refractivity contribution is 7.99. The number of alkyl halides is 3. The summed E-state index contributed by atoms with van der Waals surface area (Å²) >= 11 is 1.57. The Balaban J connectivity index is 1.19. The Morgan fingerprint density at radius 2 is 1.95 bits per heavy atom. The summed E-state index contributed by atoms with van der Waals surface area (Å²) in [5, 5.41) is 0.696. The van der Waals surface area contributed by atoms with Gasteiger partial charge in [0.2, 0.25) is 11.2 Å². The third-order valence-corrected chi connectivity index (χ3v) is 7.10. The lowest BCUT2D eigenvalue weighted by Crippen LogP contribution is -2.28. The van der Waals surface area contributed by atoms with Crippen LogP contribution >= 0.6 is 11.8 Å². The van der Waals surface area contributed by atoms with Gasteiger partial charge in [0, 0.05) is 49.0 Å². The second-order valence-corrected chi connectivity index (χ2v) is 10.0. The van der Waals surface area contributed by atoms with E-state index in [1.165, 1.54) is 35.7 Å². The summed E-state index contributed by atoms with van der Waals surface area (Å²) in [6.07, 6.45) is 4.01. The number of pyridine rings is 1. The smallest absolute Gasteiger partial charge is 0.416 e. The van der Waals surface area contributed by atoms with E-state index in [0.717, 1.165) is 35.6 Å². The molecular weight excluding hydrogens is 533 g/mol. The number of amides is 1. The van der Waals surface area contributed by atoms with E-state index < -0.39 is 11.7 Å². The maximum atomic E-state index is 13.0. The molecule has 0 aliphatic rings. The summed E-state index contributed by atoms with van der Waals surface area (Å²) in [5.74, 6) is 1.20. The van der Waals surface area contributed by atoms with Gasteiger partial charge in [-0.2, -0.15) is 13.2 Å². The predicted octanol–water partition coefficient (Wildman–Crippen LogP) is 5.55. The van der Waals surface area contributed by atoms with Crippen molar-refractivity contribution >= 4 is 28.6 Å². The number of unbranched alkanes of at least 4 members (excludes halogenated alkanes) is 2. The van der Waals surface area contributed by atoms with E-state index in [9.17, 15) is 22.8 Å². The van der Waals surface area contributed by atoms with Crippen molar-refractivity contribution in [2.24, 2.45) is 7.05 Å². The number of benzene rings is 1. The highest BCUT2D eigenvalue weighted by atomic mass is 32.2. The number of nitrogens with zero attached hydrogens (tertiary/aromatic N) is 4. The standard InChI is InChI=1S/C27H27F3N4O4S/c1-33-11-10-32-25(33)26(36)34(2)16-19-15-22(35)23(17-38-19)37-12-4-3-5-13-39-24-8-9-31-21-14-18(27(28,29)30)6-7-20(21)24/h6-11,14-15,17H,3-5,12-13,16H2,1-2H3. The Morgan fingerprint density at radius 3 is 2.67 bits per heavy atom. The fourth-order valence-corrected chi connectivity index (χ4v) is 4.90. The van der Waals surface area contributed by atoms with Crippen molar-refractivity contribution in [1.82, 2.24) is 19.4 Å². The van der Waals surface area contributed by atoms with Crippen molar-refractivity contribution in [3.8, 4) is 5.75 Å². The lowest BCUT2D eigenvalue weighted by molar-refractivity contribution is -0.137. The topological polar surface area (TPSA) is 90.5 Å². The van der Waals surface area contributed by atoms with Crippen molar-refractivity contribution in [3.05, 3.63) is 82.6 Å². The number of fused-ring (bicyclic) bond motifs is 1. The Morgan fingerprint density at radius 1 is 1.13 bits per heavy atom. The summed E-state index contributed by atoms with van der Waals surface area (Å²) in [6, 6.07) is 6.73. The molecule has 0 radical (unpaired) electrons. The lowest BCUT2D eigenvalue weighted by atomic mass is 10.1. The van der Waals surface area contributed by atoms with Crippen LogP contribution in [0.25, 0.3) is 10.9 Å². The predicted molar refractivity (Wildman–Crippen MR) is 141 cm³/mol. The quantitative estimate of drug-likeness (QED) is 0.175. The molecule has 1 amide bonds. The van der Waals surface area contributed by atoms with Crippen LogP contribution in [0.1, 0.15) is 41.2 Å². The number of hydrogen-bond acceptors (Lipinski definition) is 7. The molecule has 3 heterocycles. The van der Waals surface area contributed by atoms with E-state index in [1.54, 1.807) is 42.7 Å². The van der Waals surface area contributed by atoms with E-state index in [4.69, 9.17) is 9.15 Å². The summed E-state index contributed by atoms with van der Waals surface area (Å²) in [5.41, 5.74) is -0.723. The average Bonchev–Trinajstić information content (AvgIpc) is 3.33. The van der Waals surface area contributed by atoms with Crippen molar-refractivity contribution in [2.45, 2.75) is 36.9 Å². The zero-order valence-corrected chi connectivity index (χ0v) is 22.2. The van der Waals surface area contributed by atoms with Crippen LogP contribution in [0.2, 0.25) is 0 Å². The zero-order chi connectivity index (χ0) is 28.0. The second kappa shape index (κ2) is 12.4. The monoisotopic (exact) mass is 560 g/mol. The molecule has 3 aromatic heterocycles. The molecule has 0 saturated heterocycles. The zero-order valence-electron chi connectivity index (χ0n) is 21.4. The van der Waals surface area contributed by atoms with Crippen LogP contribution in [-0.2, 0) is 19.8 Å². The number of aromatic nitrogens is 3. The van der Waals surface area contributed by atoms with Crippen molar-refractivity contribution < 1.29 is 27.1 Å². The maximum absolute atomic E-state index is 13.0. The Labute approximate surface area is 226 Å². The first-order valence-corrected chi connectivity index (χ1v) is 13.2. The number of aryl methyl sites for hydroxylation is 1. The molecule has 0 fully saturated rings. The van der Waals surface area contributed by atoms with E-state index in [-0.39, 0.29) is 29.5 Å². The number of carbonyl (C=O) groups excluding carboxylic acids is 1. The van der Waals surface area contributed by atoms with Crippen molar-refractivity contribution in [3.63, 3.8) is 0 Å². The molecule has 0 N–H and O–H groups in total. The fourth-order valence-electron chi connectivity index (χ4n) is 3.84. The average molecular weight is 561 g/mol. The minimum absolute atomic E-state index is 0.104. The van der Waals surface area contributed by atoms with Gasteiger partial charge in [-0.25, -0.2) is 4.98 Å². The fraction of sp³-hybridized carbons (Fsp3) is 0.333. The number of hydrogen-bond donors (Lipinski definition) is 0. The highest BCUT2D eigenvalue weighted by Gasteiger charge is 2.30. The summed E-state index contributed by atoms with van der Waals surface area (Å²) < 4.78 is 51.6. The molecule has 0 aliphatic heterocycles. The maximum Gasteiger partial charge on any atom is 0.416 e. The van der Waals surface area contributed by atoms with Crippen molar-refractivity contribution in [2.75, 3.05) is 19.4 Å². The number of rotatable bonds is 11. The molecule has 0 bridgehead atoms. The number of thioether (sulfide) groups is 1. The molecule has 8 nitrogen and oxygen atoms in total. The van der Waals surface area contributed by atoms with Crippen LogP contribution in [0, 0.1) is 0 Å². The summed E-state index contributed by atoms with van der Waals surface area (Å²) in [7, 11) is 3.32. The van der Waals surface area contributed by atoms with Gasteiger partial charge in [0.1, 0.15) is 12.0 Å². The summed E-state index contributed by atoms with van der Waals surface area (Å²) in [6.45, 7) is 0.444. The number of halogens is 3. The van der Waals surface area contributed by atoms with Gasteiger partial charge in [-0.3, -0.25) is 14.6 Å². The van der Waals surface area contributed by atoms with Crippen LogP contribution in [-0.4, -0.2) is 44.7 Å². The molecule has 206 valence electrons. The third-order valence-electron chi connectivity index (χ3n) is 5.94. The van der Waals surface area contributed by atoms with Crippen molar-refractivity contribution in [1.29, 1.82) is 0 Å². The van der Waals surface area contributed by atoms with E-state index in [0.29, 0.717) is 29.7 Å². The second-order valence-electron chi connectivity index (χ2n) is 8.89. The molecule has 0 spiro atoms. The van der Waals surface area contributed by atoms with E-state index in [2.05, 4.69) is 9.97 Å². The first-order valence-electron chi connectivity index (χ1n) is 12.2. The van der Waals surface area contributed by atoms with Gasteiger partial charge in [0.15, 0.2) is 5.82 Å². The van der Waals surface area contributed by atoms with Crippen LogP contribution < -0.4 is 10.2 Å². The number of ether oxygens (including phenoxy) is 1. The van der Waals surface area contributed by atoms with Crippen LogP contribution in [0.15, 0.2) is 69.3 Å². The Hall–Kier alpha value is -3.80. The van der Waals surface area contributed by atoms with Gasteiger partial charge in [-0.15, -0.1) is 11.8 Å².